The summed E-state index contributed by atoms with van der Waals surface area (Å²) in [6.45, 7) is 5.71. The van der Waals surface area contributed by atoms with E-state index in [0.717, 1.165) is 0 Å². The van der Waals surface area contributed by atoms with E-state index in [0.29, 0.717) is 56.3 Å². The number of ether oxygens (including phenoxy) is 5. The summed E-state index contributed by atoms with van der Waals surface area (Å²) in [5, 5.41) is 8.50. The van der Waals surface area contributed by atoms with E-state index >= 15 is 0 Å². The Bertz CT molecular complexity index is 1820. The molecule has 0 saturated heterocycles. The monoisotopic (exact) mass is 630 g/mol. The predicted octanol–water partition coefficient (Wildman–Crippen LogP) is 3.92. The van der Waals surface area contributed by atoms with Crippen LogP contribution in [-0.4, -0.2) is 60.2 Å². The number of nitrogens with zero attached hydrogens (tertiary/aromatic N) is 3. The first-order valence-electron chi connectivity index (χ1n) is 14.7. The van der Waals surface area contributed by atoms with Gasteiger partial charge in [0.25, 0.3) is 5.56 Å². The van der Waals surface area contributed by atoms with Crippen molar-refractivity contribution < 1.29 is 33.3 Å². The highest BCUT2D eigenvalue weighted by molar-refractivity contribution is 5.92. The average molecular weight is 631 g/mol. The first-order valence-corrected chi connectivity index (χ1v) is 14.7. The van der Waals surface area contributed by atoms with Gasteiger partial charge in [-0.2, -0.15) is 5.10 Å². The van der Waals surface area contributed by atoms with Crippen LogP contribution in [0, 0.1) is 0 Å². The zero-order valence-corrected chi connectivity index (χ0v) is 27.0. The Kier molecular flexibility index (Phi) is 9.08. The average Bonchev–Trinajstić information content (AvgIpc) is 3.50. The van der Waals surface area contributed by atoms with Crippen molar-refractivity contribution in [3.05, 3.63) is 81.8 Å². The molecule has 0 aliphatic carbocycles. The number of aryl methyl sites for hydroxylation is 1. The van der Waals surface area contributed by atoms with E-state index in [1.165, 1.54) is 30.9 Å². The second kappa shape index (κ2) is 13.0. The SMILES string of the molecule is COc1cc([C@H](C(=O)NC(C)(C)C)N(Cc2ccc3c(c2)OCO3)C(=O)Cc2nn(C)c(=O)c3ccccc23)cc(OC)c1OC. The number of benzene rings is 3. The third kappa shape index (κ3) is 6.56. The highest BCUT2D eigenvalue weighted by Gasteiger charge is 2.35. The number of rotatable bonds is 10. The fourth-order valence-electron chi connectivity index (χ4n) is 5.48. The summed E-state index contributed by atoms with van der Waals surface area (Å²) in [7, 11) is 6.00. The number of methoxy groups -OCH3 is 3. The molecule has 2 amide bonds. The zero-order valence-electron chi connectivity index (χ0n) is 27.0. The van der Waals surface area contributed by atoms with Gasteiger partial charge in [0, 0.05) is 24.5 Å². The molecular formula is C34H38N4O8. The van der Waals surface area contributed by atoms with Crippen molar-refractivity contribution in [2.45, 2.75) is 45.3 Å². The van der Waals surface area contributed by atoms with Crippen LogP contribution in [0.25, 0.3) is 10.8 Å². The maximum absolute atomic E-state index is 14.6. The van der Waals surface area contributed by atoms with E-state index in [9.17, 15) is 14.4 Å². The zero-order chi connectivity index (χ0) is 33.2. The molecule has 12 heteroatoms. The molecule has 0 bridgehead atoms. The van der Waals surface area contributed by atoms with E-state index in [1.54, 1.807) is 55.6 Å². The molecule has 0 unspecified atom stereocenters. The molecule has 46 heavy (non-hydrogen) atoms. The lowest BCUT2D eigenvalue weighted by molar-refractivity contribution is -0.141. The van der Waals surface area contributed by atoms with Crippen LogP contribution >= 0.6 is 0 Å². The van der Waals surface area contributed by atoms with Crippen molar-refractivity contribution in [2.75, 3.05) is 28.1 Å². The molecule has 1 aromatic heterocycles. The smallest absolute Gasteiger partial charge is 0.274 e. The lowest BCUT2D eigenvalue weighted by Crippen LogP contribution is -2.49. The second-order valence-corrected chi connectivity index (χ2v) is 11.9. The summed E-state index contributed by atoms with van der Waals surface area (Å²) >= 11 is 0. The fourth-order valence-corrected chi connectivity index (χ4v) is 5.48. The first-order chi connectivity index (χ1) is 21.9. The highest BCUT2D eigenvalue weighted by atomic mass is 16.7. The molecule has 0 saturated carbocycles. The summed E-state index contributed by atoms with van der Waals surface area (Å²) < 4.78 is 29.1. The van der Waals surface area contributed by atoms with Crippen LogP contribution in [0.3, 0.4) is 0 Å². The molecule has 0 radical (unpaired) electrons. The first kappa shape index (κ1) is 32.1. The molecule has 5 rings (SSSR count). The minimum atomic E-state index is -1.15. The lowest BCUT2D eigenvalue weighted by Gasteiger charge is -2.34. The van der Waals surface area contributed by atoms with Gasteiger partial charge >= 0.3 is 0 Å². The molecule has 1 aliphatic rings. The van der Waals surface area contributed by atoms with Crippen LogP contribution in [0.5, 0.6) is 28.7 Å². The van der Waals surface area contributed by atoms with Gasteiger partial charge in [-0.25, -0.2) is 4.68 Å². The van der Waals surface area contributed by atoms with Gasteiger partial charge in [0.05, 0.1) is 38.8 Å². The molecule has 0 fully saturated rings. The normalized spacial score (nSPS) is 12.8. The van der Waals surface area contributed by atoms with Crippen LogP contribution in [0.2, 0.25) is 0 Å². The Morgan fingerprint density at radius 1 is 0.957 bits per heavy atom. The quantitative estimate of drug-likeness (QED) is 0.277. The van der Waals surface area contributed by atoms with Gasteiger partial charge in [0.15, 0.2) is 23.0 Å². The van der Waals surface area contributed by atoms with E-state index in [4.69, 9.17) is 23.7 Å². The maximum Gasteiger partial charge on any atom is 0.274 e. The third-order valence-electron chi connectivity index (χ3n) is 7.52. The molecule has 1 atom stereocenters. The van der Waals surface area contributed by atoms with E-state index in [-0.39, 0.29) is 25.3 Å². The van der Waals surface area contributed by atoms with Crippen molar-refractivity contribution in [2.24, 2.45) is 7.05 Å². The molecule has 3 aromatic carbocycles. The Labute approximate surface area is 266 Å². The van der Waals surface area contributed by atoms with Crippen molar-refractivity contribution in [1.29, 1.82) is 0 Å². The standard InChI is InChI=1S/C34H38N4O8/c1-34(2,3)35-32(40)30(21-15-27(42-5)31(44-7)28(16-21)43-6)38(18-20-12-13-25-26(14-20)46-19-45-25)29(39)17-24-22-10-8-9-11-23(22)33(41)37(4)36-24/h8-16,30H,17-19H2,1-7H3,(H,35,40)/t30-/m1/s1. The minimum Gasteiger partial charge on any atom is -0.493 e. The van der Waals surface area contributed by atoms with Crippen LogP contribution in [0.15, 0.2) is 59.4 Å². The molecular weight excluding hydrogens is 592 g/mol. The number of fused-ring (bicyclic) bond motifs is 2. The Morgan fingerprint density at radius 3 is 2.24 bits per heavy atom. The van der Waals surface area contributed by atoms with E-state index < -0.39 is 23.4 Å². The fraction of sp³-hybridized carbons (Fsp3) is 0.353. The summed E-state index contributed by atoms with van der Waals surface area (Å²) in [5.41, 5.74) is 0.640. The number of hydrogen-bond acceptors (Lipinski definition) is 9. The van der Waals surface area contributed by atoms with Crippen molar-refractivity contribution >= 4 is 22.6 Å². The molecule has 4 aromatic rings. The van der Waals surface area contributed by atoms with Crippen molar-refractivity contribution in [1.82, 2.24) is 20.0 Å². The van der Waals surface area contributed by atoms with Crippen LogP contribution in [-0.2, 0) is 29.6 Å². The molecule has 1 N–H and O–H groups in total. The van der Waals surface area contributed by atoms with E-state index in [1.807, 2.05) is 26.8 Å². The maximum atomic E-state index is 14.6. The number of aromatic nitrogens is 2. The minimum absolute atomic E-state index is 0.0259. The molecule has 242 valence electrons. The van der Waals surface area contributed by atoms with Crippen LogP contribution in [0.4, 0.5) is 0 Å². The number of carbonyl (C=O) groups is 2. The van der Waals surface area contributed by atoms with Crippen molar-refractivity contribution in [3.63, 3.8) is 0 Å². The summed E-state index contributed by atoms with van der Waals surface area (Å²) in [6.07, 6.45) is -0.192. The van der Waals surface area contributed by atoms with Gasteiger partial charge < -0.3 is 33.9 Å². The predicted molar refractivity (Wildman–Crippen MR) is 171 cm³/mol. The summed E-state index contributed by atoms with van der Waals surface area (Å²) in [6, 6.07) is 14.6. The molecule has 2 heterocycles. The number of hydrogen-bond donors (Lipinski definition) is 1. The number of nitrogens with one attached hydrogen (secondary N) is 1. The number of carbonyl (C=O) groups excluding carboxylic acids is 2. The Morgan fingerprint density at radius 2 is 1.61 bits per heavy atom. The second-order valence-electron chi connectivity index (χ2n) is 11.9. The van der Waals surface area contributed by atoms with Gasteiger partial charge in [-0.1, -0.05) is 24.3 Å². The Hall–Kier alpha value is -5.26. The number of amides is 2. The van der Waals surface area contributed by atoms with Gasteiger partial charge in [-0.3, -0.25) is 14.4 Å². The molecule has 12 nitrogen and oxygen atoms in total. The van der Waals surface area contributed by atoms with E-state index in [2.05, 4.69) is 10.4 Å². The van der Waals surface area contributed by atoms with Gasteiger partial charge in [-0.05, 0) is 62.2 Å². The molecule has 1 aliphatic heterocycles. The summed E-state index contributed by atoms with van der Waals surface area (Å²) in [4.78, 5) is 43.2. The lowest BCUT2D eigenvalue weighted by atomic mass is 9.98. The van der Waals surface area contributed by atoms with Crippen LogP contribution < -0.4 is 34.6 Å². The van der Waals surface area contributed by atoms with Gasteiger partial charge in [-0.15, -0.1) is 0 Å². The van der Waals surface area contributed by atoms with Crippen molar-refractivity contribution in [3.8, 4) is 28.7 Å². The largest absolute Gasteiger partial charge is 0.493 e. The Balaban J connectivity index is 1.68. The van der Waals surface area contributed by atoms with Gasteiger partial charge in [0.2, 0.25) is 24.4 Å². The molecule has 0 spiro atoms. The highest BCUT2D eigenvalue weighted by Crippen LogP contribution is 2.42. The van der Waals surface area contributed by atoms with Crippen LogP contribution in [0.1, 0.15) is 43.6 Å². The third-order valence-corrected chi connectivity index (χ3v) is 7.52. The topological polar surface area (TPSA) is 130 Å². The van der Waals surface area contributed by atoms with Gasteiger partial charge in [0.1, 0.15) is 6.04 Å². The summed E-state index contributed by atoms with van der Waals surface area (Å²) in [5.74, 6) is 1.30.